The number of likely N-dealkylation sites (N-methyl/N-ethyl adjacent to an activating group) is 1. The van der Waals surface area contributed by atoms with Crippen LogP contribution in [-0.4, -0.2) is 64.3 Å². The molecule has 1 atom stereocenters. The molecule has 9 nitrogen and oxygen atoms in total. The highest BCUT2D eigenvalue weighted by atomic mass is 16.6. The molecule has 0 saturated carbocycles. The zero-order valence-corrected chi connectivity index (χ0v) is 15.2. The minimum absolute atomic E-state index is 0.0263. The molecule has 146 valence electrons. The molecule has 1 heterocycles. The van der Waals surface area contributed by atoms with Crippen LogP contribution in [0, 0.1) is 16.0 Å². The molecule has 1 saturated heterocycles. The monoisotopic (exact) mass is 377 g/mol. The van der Waals surface area contributed by atoms with E-state index in [1.807, 2.05) is 0 Å². The quantitative estimate of drug-likeness (QED) is 0.565. The van der Waals surface area contributed by atoms with Gasteiger partial charge in [0.05, 0.1) is 17.4 Å². The Morgan fingerprint density at radius 1 is 1.37 bits per heavy atom. The van der Waals surface area contributed by atoms with Crippen LogP contribution < -0.4 is 0 Å². The molecular formula is C18H23N3O6. The summed E-state index contributed by atoms with van der Waals surface area (Å²) in [6, 6.07) is 6.10. The summed E-state index contributed by atoms with van der Waals surface area (Å²) in [6.45, 7) is 0.558. The highest BCUT2D eigenvalue weighted by molar-refractivity contribution is 5.85. The fraction of sp³-hybridized carbons (Fsp3) is 0.500. The maximum Gasteiger partial charge on any atom is 0.308 e. The second-order valence-electron chi connectivity index (χ2n) is 6.69. The van der Waals surface area contributed by atoms with Gasteiger partial charge in [0.2, 0.25) is 11.8 Å². The summed E-state index contributed by atoms with van der Waals surface area (Å²) >= 11 is 0. The van der Waals surface area contributed by atoms with Gasteiger partial charge < -0.3 is 14.9 Å². The smallest absolute Gasteiger partial charge is 0.308 e. The topological polar surface area (TPSA) is 121 Å². The van der Waals surface area contributed by atoms with E-state index in [-0.39, 0.29) is 37.0 Å². The average molecular weight is 377 g/mol. The maximum absolute atomic E-state index is 12.3. The van der Waals surface area contributed by atoms with E-state index in [9.17, 15) is 24.5 Å². The van der Waals surface area contributed by atoms with E-state index in [1.165, 1.54) is 29.0 Å². The summed E-state index contributed by atoms with van der Waals surface area (Å²) in [4.78, 5) is 48.8. The molecule has 0 aromatic heterocycles. The van der Waals surface area contributed by atoms with Crippen LogP contribution in [0.3, 0.4) is 0 Å². The first-order chi connectivity index (χ1) is 12.8. The number of aryl methyl sites for hydroxylation is 1. The van der Waals surface area contributed by atoms with E-state index < -0.39 is 16.8 Å². The Morgan fingerprint density at radius 2 is 2.11 bits per heavy atom. The van der Waals surface area contributed by atoms with Gasteiger partial charge in [-0.1, -0.05) is 12.1 Å². The molecule has 0 radical (unpaired) electrons. The first-order valence-corrected chi connectivity index (χ1v) is 8.76. The Kier molecular flexibility index (Phi) is 6.86. The number of piperidine rings is 1. The summed E-state index contributed by atoms with van der Waals surface area (Å²) in [6.07, 6.45) is 1.65. The van der Waals surface area contributed by atoms with Gasteiger partial charge in [0.25, 0.3) is 5.69 Å². The molecule has 0 bridgehead atoms. The number of aliphatic carboxylic acids is 1. The molecule has 0 spiro atoms. The van der Waals surface area contributed by atoms with Crippen LogP contribution in [0.1, 0.15) is 24.8 Å². The van der Waals surface area contributed by atoms with Gasteiger partial charge in [0.15, 0.2) is 0 Å². The number of hydrogen-bond acceptors (Lipinski definition) is 5. The zero-order valence-electron chi connectivity index (χ0n) is 15.2. The summed E-state index contributed by atoms with van der Waals surface area (Å²) in [5, 5.41) is 19.9. The number of amides is 2. The van der Waals surface area contributed by atoms with E-state index in [2.05, 4.69) is 0 Å². The Hall–Kier alpha value is -2.97. The van der Waals surface area contributed by atoms with Gasteiger partial charge in [0, 0.05) is 38.7 Å². The normalized spacial score (nSPS) is 16.6. The predicted molar refractivity (Wildman–Crippen MR) is 96.0 cm³/mol. The van der Waals surface area contributed by atoms with Crippen molar-refractivity contribution in [3.05, 3.63) is 39.9 Å². The number of hydrogen-bond donors (Lipinski definition) is 1. The molecule has 1 fully saturated rings. The lowest BCUT2D eigenvalue weighted by Crippen LogP contribution is -2.46. The van der Waals surface area contributed by atoms with Crippen LogP contribution in [0.2, 0.25) is 0 Å². The summed E-state index contributed by atoms with van der Waals surface area (Å²) < 4.78 is 0. The SMILES string of the molecule is CN(CC(=O)N1CCCC(C(=O)O)C1)C(=O)CCc1cccc([N+](=O)[O-])c1. The molecule has 1 aliphatic rings. The summed E-state index contributed by atoms with van der Waals surface area (Å²) in [5.74, 6) is -1.99. The number of nitro groups is 1. The molecule has 0 aliphatic carbocycles. The number of nitro benzene ring substituents is 1. The molecule has 1 unspecified atom stereocenters. The highest BCUT2D eigenvalue weighted by Crippen LogP contribution is 2.17. The van der Waals surface area contributed by atoms with Crippen LogP contribution in [0.15, 0.2) is 24.3 Å². The lowest BCUT2D eigenvalue weighted by molar-refractivity contribution is -0.384. The minimum Gasteiger partial charge on any atom is -0.481 e. The number of carbonyl (C=O) groups is 3. The molecule has 1 aromatic carbocycles. The standard InChI is InChI=1S/C18H23N3O6/c1-19(12-17(23)20-9-3-5-14(11-20)18(24)25)16(22)8-7-13-4-2-6-15(10-13)21(26)27/h2,4,6,10,14H,3,5,7-9,11-12H2,1H3,(H,24,25). The number of non-ortho nitro benzene ring substituents is 1. The van der Waals surface area contributed by atoms with E-state index in [0.717, 1.165) is 0 Å². The second kappa shape index (κ2) is 9.11. The molecule has 1 aliphatic heterocycles. The lowest BCUT2D eigenvalue weighted by Gasteiger charge is -2.32. The van der Waals surface area contributed by atoms with Gasteiger partial charge in [-0.2, -0.15) is 0 Å². The number of carboxylic acid groups (broad SMARTS) is 1. The highest BCUT2D eigenvalue weighted by Gasteiger charge is 2.28. The molecule has 9 heteroatoms. The van der Waals surface area contributed by atoms with Crippen molar-refractivity contribution in [2.24, 2.45) is 5.92 Å². The Labute approximate surface area is 156 Å². The van der Waals surface area contributed by atoms with Crippen molar-refractivity contribution in [2.45, 2.75) is 25.7 Å². The molecule has 2 rings (SSSR count). The number of rotatable bonds is 7. The van der Waals surface area contributed by atoms with Gasteiger partial charge in [-0.3, -0.25) is 24.5 Å². The average Bonchev–Trinajstić information content (AvgIpc) is 2.66. The van der Waals surface area contributed by atoms with Crippen molar-refractivity contribution in [3.8, 4) is 0 Å². The largest absolute Gasteiger partial charge is 0.481 e. The van der Waals surface area contributed by atoms with Crippen LogP contribution in [0.4, 0.5) is 5.69 Å². The van der Waals surface area contributed by atoms with Gasteiger partial charge in [-0.05, 0) is 24.8 Å². The van der Waals surface area contributed by atoms with E-state index in [0.29, 0.717) is 31.4 Å². The van der Waals surface area contributed by atoms with E-state index >= 15 is 0 Å². The number of likely N-dealkylation sites (tertiary alicyclic amines) is 1. The van der Waals surface area contributed by atoms with E-state index in [1.54, 1.807) is 12.1 Å². The van der Waals surface area contributed by atoms with Gasteiger partial charge in [0.1, 0.15) is 0 Å². The van der Waals surface area contributed by atoms with Crippen molar-refractivity contribution in [3.63, 3.8) is 0 Å². The van der Waals surface area contributed by atoms with Crippen molar-refractivity contribution in [1.29, 1.82) is 0 Å². The minimum atomic E-state index is -0.908. The first-order valence-electron chi connectivity index (χ1n) is 8.76. The predicted octanol–water partition coefficient (Wildman–Crippen LogP) is 1.31. The number of carboxylic acids is 1. The van der Waals surface area contributed by atoms with Crippen molar-refractivity contribution in [1.82, 2.24) is 9.80 Å². The lowest BCUT2D eigenvalue weighted by atomic mass is 9.98. The molecule has 27 heavy (non-hydrogen) atoms. The third-order valence-corrected chi connectivity index (χ3v) is 4.67. The second-order valence-corrected chi connectivity index (χ2v) is 6.69. The number of benzene rings is 1. The third kappa shape index (κ3) is 5.77. The van der Waals surface area contributed by atoms with E-state index in [4.69, 9.17) is 5.11 Å². The summed E-state index contributed by atoms with van der Waals surface area (Å²) in [5.41, 5.74) is 0.652. The van der Waals surface area contributed by atoms with Crippen LogP contribution in [-0.2, 0) is 20.8 Å². The Bertz CT molecular complexity index is 736. The Balaban J connectivity index is 1.84. The van der Waals surface area contributed by atoms with Gasteiger partial charge in [-0.15, -0.1) is 0 Å². The fourth-order valence-electron chi connectivity index (χ4n) is 3.06. The van der Waals surface area contributed by atoms with Gasteiger partial charge >= 0.3 is 5.97 Å². The van der Waals surface area contributed by atoms with Crippen LogP contribution in [0.5, 0.6) is 0 Å². The fourth-order valence-corrected chi connectivity index (χ4v) is 3.06. The molecule has 1 aromatic rings. The van der Waals surface area contributed by atoms with Crippen molar-refractivity contribution >= 4 is 23.5 Å². The summed E-state index contributed by atoms with van der Waals surface area (Å²) in [7, 11) is 1.52. The first kappa shape index (κ1) is 20.3. The maximum atomic E-state index is 12.3. The molecular weight excluding hydrogens is 354 g/mol. The molecule has 2 amide bonds. The zero-order chi connectivity index (χ0) is 20.0. The van der Waals surface area contributed by atoms with Crippen LogP contribution >= 0.6 is 0 Å². The van der Waals surface area contributed by atoms with Crippen molar-refractivity contribution < 1.29 is 24.4 Å². The molecule has 1 N–H and O–H groups in total. The number of carbonyl (C=O) groups excluding carboxylic acids is 2. The third-order valence-electron chi connectivity index (χ3n) is 4.67. The van der Waals surface area contributed by atoms with Crippen LogP contribution in [0.25, 0.3) is 0 Å². The Morgan fingerprint density at radius 3 is 2.78 bits per heavy atom. The van der Waals surface area contributed by atoms with Crippen molar-refractivity contribution in [2.75, 3.05) is 26.7 Å². The van der Waals surface area contributed by atoms with Gasteiger partial charge in [-0.25, -0.2) is 0 Å². The number of nitrogens with zero attached hydrogens (tertiary/aromatic N) is 3.